The van der Waals surface area contributed by atoms with Gasteiger partial charge in [-0.25, -0.2) is 9.59 Å². The second kappa shape index (κ2) is 9.17. The summed E-state index contributed by atoms with van der Waals surface area (Å²) in [5.41, 5.74) is 7.99. The van der Waals surface area contributed by atoms with Gasteiger partial charge in [-0.15, -0.1) is 0 Å². The van der Waals surface area contributed by atoms with Crippen molar-refractivity contribution in [3.63, 3.8) is 0 Å². The van der Waals surface area contributed by atoms with Gasteiger partial charge in [-0.05, 0) is 39.4 Å². The Morgan fingerprint density at radius 2 is 1.44 bits per heavy atom. The number of para-hydroxylation sites is 1. The molecule has 39 heavy (non-hydrogen) atoms. The van der Waals surface area contributed by atoms with Crippen LogP contribution in [0.5, 0.6) is 0 Å². The molecule has 2 atom stereocenters. The average molecular weight is 515 g/mol. The molecule has 2 N–H and O–H groups in total. The number of fused-ring (bicyclic) bond motifs is 6. The van der Waals surface area contributed by atoms with Crippen LogP contribution in [0.25, 0.3) is 22.0 Å². The summed E-state index contributed by atoms with van der Waals surface area (Å²) < 4.78 is 6.01. The number of benzene rings is 4. The number of carboxylic acids is 1. The minimum absolute atomic E-state index is 0.117. The summed E-state index contributed by atoms with van der Waals surface area (Å²) in [5.74, 6) is -1.17. The molecule has 2 aliphatic rings. The van der Waals surface area contributed by atoms with Gasteiger partial charge in [-0.3, -0.25) is 4.90 Å². The van der Waals surface area contributed by atoms with Crippen molar-refractivity contribution < 1.29 is 19.4 Å². The lowest BCUT2D eigenvalue weighted by Gasteiger charge is -2.39. The van der Waals surface area contributed by atoms with Crippen LogP contribution < -0.4 is 0 Å². The molecular weight excluding hydrogens is 488 g/mol. The summed E-state index contributed by atoms with van der Waals surface area (Å²) in [6.07, 6.45) is -0.440. The Labute approximate surface area is 225 Å². The summed E-state index contributed by atoms with van der Waals surface area (Å²) in [6.45, 7) is 0.122. The summed E-state index contributed by atoms with van der Waals surface area (Å²) in [7, 11) is 0. The van der Waals surface area contributed by atoms with Crippen molar-refractivity contribution in [2.75, 3.05) is 6.61 Å². The summed E-state index contributed by atoms with van der Waals surface area (Å²) >= 11 is 0. The molecule has 0 spiro atoms. The number of carbonyl (C=O) groups excluding carboxylic acids is 1. The first-order chi connectivity index (χ1) is 19.1. The zero-order valence-electron chi connectivity index (χ0n) is 21.1. The molecule has 6 nitrogen and oxygen atoms in total. The fourth-order valence-electron chi connectivity index (χ4n) is 6.36. The molecule has 192 valence electrons. The number of nitrogens with one attached hydrogen (secondary N) is 1. The zero-order chi connectivity index (χ0) is 26.5. The molecule has 1 amide bonds. The summed E-state index contributed by atoms with van der Waals surface area (Å²) in [4.78, 5) is 31.5. The predicted molar refractivity (Wildman–Crippen MR) is 149 cm³/mol. The molecule has 1 aromatic heterocycles. The number of hydrogen-bond donors (Lipinski definition) is 2. The van der Waals surface area contributed by atoms with E-state index in [1.807, 2.05) is 78.9 Å². The van der Waals surface area contributed by atoms with Crippen LogP contribution in [0.4, 0.5) is 4.79 Å². The first-order valence-corrected chi connectivity index (χ1v) is 13.1. The van der Waals surface area contributed by atoms with Crippen LogP contribution in [0.2, 0.25) is 0 Å². The van der Waals surface area contributed by atoms with Crippen LogP contribution in [0.15, 0.2) is 103 Å². The normalized spacial score (nSPS) is 17.9. The zero-order valence-corrected chi connectivity index (χ0v) is 21.1. The van der Waals surface area contributed by atoms with Gasteiger partial charge >= 0.3 is 12.1 Å². The Bertz CT molecular complexity index is 1680. The molecule has 0 radical (unpaired) electrons. The van der Waals surface area contributed by atoms with E-state index in [0.717, 1.165) is 50.0 Å². The standard InChI is InChI=1S/C33H26N2O4/c36-32(37)29-18-26-25-16-8-9-17-28(25)34-30(26)31(20-10-2-1-3-11-20)35(29)33(38)39-19-27-23-14-6-4-12-21(23)22-13-5-7-15-24(22)27/h1-17,27,29,31,34H,18-19H2,(H,36,37). The highest BCUT2D eigenvalue weighted by molar-refractivity contribution is 5.89. The van der Waals surface area contributed by atoms with Gasteiger partial charge in [0.1, 0.15) is 18.7 Å². The molecule has 0 fully saturated rings. The molecule has 4 aromatic carbocycles. The molecule has 2 heterocycles. The van der Waals surface area contributed by atoms with Crippen LogP contribution in [0.1, 0.15) is 39.9 Å². The number of ether oxygens (including phenoxy) is 1. The van der Waals surface area contributed by atoms with Gasteiger partial charge in [0.2, 0.25) is 0 Å². The number of rotatable bonds is 4. The summed E-state index contributed by atoms with van der Waals surface area (Å²) in [6, 6.07) is 32.0. The van der Waals surface area contributed by atoms with Crippen LogP contribution in [-0.2, 0) is 16.0 Å². The van der Waals surface area contributed by atoms with E-state index in [9.17, 15) is 14.7 Å². The Balaban J connectivity index is 1.28. The maximum absolute atomic E-state index is 13.9. The lowest BCUT2D eigenvalue weighted by molar-refractivity contribution is -0.143. The molecule has 6 heteroatoms. The monoisotopic (exact) mass is 514 g/mol. The minimum atomic E-state index is -1.07. The van der Waals surface area contributed by atoms with Crippen molar-refractivity contribution in [1.29, 1.82) is 0 Å². The number of hydrogen-bond acceptors (Lipinski definition) is 3. The highest BCUT2D eigenvalue weighted by Gasteiger charge is 2.45. The lowest BCUT2D eigenvalue weighted by Crippen LogP contribution is -2.51. The molecule has 0 saturated carbocycles. The van der Waals surface area contributed by atoms with Gasteiger partial charge in [0.25, 0.3) is 0 Å². The van der Waals surface area contributed by atoms with Crippen LogP contribution in [0.3, 0.4) is 0 Å². The number of nitrogens with zero attached hydrogens (tertiary/aromatic N) is 1. The highest BCUT2D eigenvalue weighted by Crippen LogP contribution is 2.45. The number of H-pyrrole nitrogens is 1. The number of aromatic amines is 1. The van der Waals surface area contributed by atoms with Gasteiger partial charge in [-0.2, -0.15) is 0 Å². The molecule has 0 saturated heterocycles. The van der Waals surface area contributed by atoms with Crippen molar-refractivity contribution in [2.45, 2.75) is 24.4 Å². The van der Waals surface area contributed by atoms with E-state index in [0.29, 0.717) is 0 Å². The largest absolute Gasteiger partial charge is 0.480 e. The van der Waals surface area contributed by atoms with E-state index in [1.54, 1.807) is 0 Å². The quantitative estimate of drug-likeness (QED) is 0.286. The average Bonchev–Trinajstić information content (AvgIpc) is 3.51. The second-order valence-corrected chi connectivity index (χ2v) is 10.1. The maximum Gasteiger partial charge on any atom is 0.411 e. The maximum atomic E-state index is 13.9. The SMILES string of the molecule is O=C(O)C1Cc2c([nH]c3ccccc23)C(c2ccccc2)N1C(=O)OCC1c2ccccc2-c2ccccc21. The number of amides is 1. The van der Waals surface area contributed by atoms with E-state index in [2.05, 4.69) is 29.2 Å². The van der Waals surface area contributed by atoms with Crippen molar-refractivity contribution in [3.8, 4) is 11.1 Å². The van der Waals surface area contributed by atoms with E-state index in [-0.39, 0.29) is 18.9 Å². The highest BCUT2D eigenvalue weighted by atomic mass is 16.6. The molecule has 7 rings (SSSR count). The number of carboxylic acid groups (broad SMARTS) is 1. The van der Waals surface area contributed by atoms with Gasteiger partial charge in [-0.1, -0.05) is 97.1 Å². The number of aliphatic carboxylic acids is 1. The molecule has 1 aliphatic carbocycles. The molecule has 5 aromatic rings. The molecule has 1 aliphatic heterocycles. The van der Waals surface area contributed by atoms with E-state index in [1.165, 1.54) is 4.90 Å². The van der Waals surface area contributed by atoms with Gasteiger partial charge in [0.15, 0.2) is 0 Å². The fraction of sp³-hybridized carbons (Fsp3) is 0.152. The second-order valence-electron chi connectivity index (χ2n) is 10.1. The third-order valence-corrected chi connectivity index (χ3v) is 8.08. The molecular formula is C33H26N2O4. The van der Waals surface area contributed by atoms with E-state index >= 15 is 0 Å². The number of aromatic nitrogens is 1. The topological polar surface area (TPSA) is 82.6 Å². The van der Waals surface area contributed by atoms with E-state index < -0.39 is 24.1 Å². The molecule has 0 bridgehead atoms. The molecule has 2 unspecified atom stereocenters. The Kier molecular flexibility index (Phi) is 5.48. The third kappa shape index (κ3) is 3.71. The van der Waals surface area contributed by atoms with Crippen LogP contribution >= 0.6 is 0 Å². The van der Waals surface area contributed by atoms with Gasteiger partial charge in [0, 0.05) is 28.9 Å². The Morgan fingerprint density at radius 1 is 0.821 bits per heavy atom. The van der Waals surface area contributed by atoms with Crippen LogP contribution in [-0.4, -0.2) is 39.7 Å². The minimum Gasteiger partial charge on any atom is -0.480 e. The summed E-state index contributed by atoms with van der Waals surface area (Å²) in [5, 5.41) is 11.3. The van der Waals surface area contributed by atoms with Crippen molar-refractivity contribution in [3.05, 3.63) is 131 Å². The van der Waals surface area contributed by atoms with Crippen molar-refractivity contribution in [1.82, 2.24) is 9.88 Å². The first-order valence-electron chi connectivity index (χ1n) is 13.1. The van der Waals surface area contributed by atoms with Gasteiger partial charge in [0.05, 0.1) is 0 Å². The smallest absolute Gasteiger partial charge is 0.411 e. The number of carbonyl (C=O) groups is 2. The Morgan fingerprint density at radius 3 is 2.13 bits per heavy atom. The van der Waals surface area contributed by atoms with Crippen molar-refractivity contribution >= 4 is 23.0 Å². The van der Waals surface area contributed by atoms with E-state index in [4.69, 9.17) is 4.74 Å². The van der Waals surface area contributed by atoms with Gasteiger partial charge < -0.3 is 14.8 Å². The lowest BCUT2D eigenvalue weighted by atomic mass is 9.88. The van der Waals surface area contributed by atoms with Crippen LogP contribution in [0, 0.1) is 0 Å². The predicted octanol–water partition coefficient (Wildman–Crippen LogP) is 6.52. The Hall–Kier alpha value is -4.84. The fourth-order valence-corrected chi connectivity index (χ4v) is 6.36. The third-order valence-electron chi connectivity index (χ3n) is 8.08. The van der Waals surface area contributed by atoms with Crippen molar-refractivity contribution in [2.24, 2.45) is 0 Å². The first kappa shape index (κ1) is 23.3.